The zero-order valence-corrected chi connectivity index (χ0v) is 15.8. The lowest BCUT2D eigenvalue weighted by molar-refractivity contribution is -0.149. The van der Waals surface area contributed by atoms with Crippen molar-refractivity contribution in [2.75, 3.05) is 13.7 Å². The first-order valence-electron chi connectivity index (χ1n) is 8.95. The van der Waals surface area contributed by atoms with Crippen LogP contribution in [0.25, 0.3) is 10.8 Å². The van der Waals surface area contributed by atoms with Crippen molar-refractivity contribution in [2.24, 2.45) is 5.41 Å². The monoisotopic (exact) mass is 357 g/mol. The molecule has 0 aromatic heterocycles. The maximum atomic E-state index is 12.6. The van der Waals surface area contributed by atoms with Gasteiger partial charge in [-0.25, -0.2) is 0 Å². The minimum Gasteiger partial charge on any atom is -0.497 e. The highest BCUT2D eigenvalue weighted by atomic mass is 16.5. The van der Waals surface area contributed by atoms with Crippen LogP contribution in [0.3, 0.4) is 0 Å². The number of ether oxygens (including phenoxy) is 1. The van der Waals surface area contributed by atoms with Gasteiger partial charge in [0.05, 0.1) is 18.4 Å². The molecule has 2 aromatic carbocycles. The summed E-state index contributed by atoms with van der Waals surface area (Å²) in [6.45, 7) is 5.65. The third kappa shape index (κ3) is 3.98. The smallest absolute Gasteiger partial charge is 0.311 e. The Morgan fingerprint density at radius 3 is 2.31 bits per heavy atom. The van der Waals surface area contributed by atoms with Crippen molar-refractivity contribution in [1.29, 1.82) is 0 Å². The predicted octanol–water partition coefficient (Wildman–Crippen LogP) is 3.96. The minimum atomic E-state index is -0.907. The van der Waals surface area contributed by atoms with E-state index in [1.165, 1.54) is 0 Å². The third-order valence-electron chi connectivity index (χ3n) is 5.37. The molecule has 0 saturated heterocycles. The summed E-state index contributed by atoms with van der Waals surface area (Å²) in [4.78, 5) is 24.1. The van der Waals surface area contributed by atoms with E-state index in [1.807, 2.05) is 57.2 Å². The number of carboxylic acid groups (broad SMARTS) is 1. The average molecular weight is 357 g/mol. The molecule has 2 N–H and O–H groups in total. The Morgan fingerprint density at radius 1 is 1.12 bits per heavy atom. The molecule has 1 atom stereocenters. The number of aliphatic carboxylic acids is 1. The van der Waals surface area contributed by atoms with Crippen LogP contribution in [0.2, 0.25) is 0 Å². The van der Waals surface area contributed by atoms with E-state index in [2.05, 4.69) is 5.32 Å². The maximum Gasteiger partial charge on any atom is 0.311 e. The molecule has 5 heteroatoms. The van der Waals surface area contributed by atoms with Crippen LogP contribution in [-0.4, -0.2) is 30.6 Å². The second kappa shape index (κ2) is 8.21. The molecule has 140 valence electrons. The number of fused-ring (bicyclic) bond motifs is 1. The van der Waals surface area contributed by atoms with Gasteiger partial charge in [-0.05, 0) is 48.2 Å². The van der Waals surface area contributed by atoms with Gasteiger partial charge in [0.1, 0.15) is 5.75 Å². The van der Waals surface area contributed by atoms with Gasteiger partial charge in [0.15, 0.2) is 0 Å². The van der Waals surface area contributed by atoms with Gasteiger partial charge in [0.2, 0.25) is 5.91 Å². The van der Waals surface area contributed by atoms with E-state index < -0.39 is 11.4 Å². The summed E-state index contributed by atoms with van der Waals surface area (Å²) in [5.41, 5.74) is -0.0101. The van der Waals surface area contributed by atoms with Crippen LogP contribution in [0.15, 0.2) is 36.4 Å². The van der Waals surface area contributed by atoms with Gasteiger partial charge in [-0.3, -0.25) is 9.59 Å². The highest BCUT2D eigenvalue weighted by molar-refractivity contribution is 5.88. The van der Waals surface area contributed by atoms with Gasteiger partial charge in [-0.1, -0.05) is 38.1 Å². The molecule has 5 nitrogen and oxygen atoms in total. The van der Waals surface area contributed by atoms with E-state index in [9.17, 15) is 14.7 Å². The summed E-state index contributed by atoms with van der Waals surface area (Å²) in [6.07, 6.45) is 0.955. The van der Waals surface area contributed by atoms with E-state index in [1.54, 1.807) is 7.11 Å². The van der Waals surface area contributed by atoms with Gasteiger partial charge in [0.25, 0.3) is 0 Å². The van der Waals surface area contributed by atoms with Crippen molar-refractivity contribution >= 4 is 22.6 Å². The van der Waals surface area contributed by atoms with Crippen LogP contribution in [0.1, 0.15) is 45.1 Å². The topological polar surface area (TPSA) is 75.6 Å². The van der Waals surface area contributed by atoms with E-state index in [-0.39, 0.29) is 18.4 Å². The van der Waals surface area contributed by atoms with Crippen molar-refractivity contribution in [2.45, 2.75) is 39.5 Å². The summed E-state index contributed by atoms with van der Waals surface area (Å²) in [7, 11) is 1.63. The fraction of sp³-hybridized carbons (Fsp3) is 0.429. The van der Waals surface area contributed by atoms with E-state index in [0.29, 0.717) is 12.8 Å². The van der Waals surface area contributed by atoms with Gasteiger partial charge in [0, 0.05) is 6.54 Å². The SMILES string of the molecule is CCC(CC)(CNC(=O)C(C)c1ccc2cc(OC)ccc2c1)C(=O)O. The first kappa shape index (κ1) is 19.8. The number of hydrogen-bond donors (Lipinski definition) is 2. The summed E-state index contributed by atoms with van der Waals surface area (Å²) in [6, 6.07) is 11.7. The molecule has 0 heterocycles. The van der Waals surface area contributed by atoms with Crippen LogP contribution in [-0.2, 0) is 9.59 Å². The lowest BCUT2D eigenvalue weighted by Crippen LogP contribution is -2.43. The summed E-state index contributed by atoms with van der Waals surface area (Å²) >= 11 is 0. The fourth-order valence-electron chi connectivity index (χ4n) is 3.08. The first-order valence-corrected chi connectivity index (χ1v) is 8.95. The van der Waals surface area contributed by atoms with E-state index >= 15 is 0 Å². The number of carbonyl (C=O) groups excluding carboxylic acids is 1. The molecule has 0 radical (unpaired) electrons. The van der Waals surface area contributed by atoms with E-state index in [0.717, 1.165) is 22.1 Å². The molecule has 0 fully saturated rings. The van der Waals surface area contributed by atoms with Crippen LogP contribution in [0.5, 0.6) is 5.75 Å². The summed E-state index contributed by atoms with van der Waals surface area (Å²) < 4.78 is 5.23. The Bertz CT molecular complexity index is 796. The minimum absolute atomic E-state index is 0.142. The normalized spacial score (nSPS) is 12.6. The van der Waals surface area contributed by atoms with Crippen LogP contribution >= 0.6 is 0 Å². The second-order valence-electron chi connectivity index (χ2n) is 6.70. The molecular formula is C21H27NO4. The number of nitrogens with one attached hydrogen (secondary N) is 1. The van der Waals surface area contributed by atoms with Gasteiger partial charge in [-0.2, -0.15) is 0 Å². The zero-order chi connectivity index (χ0) is 19.3. The number of rotatable bonds is 8. The van der Waals surface area contributed by atoms with Crippen molar-refractivity contribution in [1.82, 2.24) is 5.32 Å². The van der Waals surface area contributed by atoms with E-state index in [4.69, 9.17) is 4.74 Å². The Morgan fingerprint density at radius 2 is 1.73 bits per heavy atom. The summed E-state index contributed by atoms with van der Waals surface area (Å²) in [5, 5.41) is 14.4. The lowest BCUT2D eigenvalue weighted by Gasteiger charge is -2.27. The largest absolute Gasteiger partial charge is 0.497 e. The Hall–Kier alpha value is -2.56. The number of methoxy groups -OCH3 is 1. The molecule has 0 aliphatic rings. The molecular weight excluding hydrogens is 330 g/mol. The number of carboxylic acids is 1. The molecule has 0 aliphatic heterocycles. The van der Waals surface area contributed by atoms with Crippen LogP contribution < -0.4 is 10.1 Å². The Labute approximate surface area is 154 Å². The predicted molar refractivity (Wildman–Crippen MR) is 103 cm³/mol. The highest BCUT2D eigenvalue weighted by Crippen LogP contribution is 2.27. The number of hydrogen-bond acceptors (Lipinski definition) is 3. The number of carbonyl (C=O) groups is 2. The lowest BCUT2D eigenvalue weighted by atomic mass is 9.82. The molecule has 0 bridgehead atoms. The number of amides is 1. The molecule has 0 saturated carbocycles. The summed E-state index contributed by atoms with van der Waals surface area (Å²) in [5.74, 6) is -0.595. The van der Waals surface area contributed by atoms with Crippen LogP contribution in [0.4, 0.5) is 0 Å². The van der Waals surface area contributed by atoms with Crippen molar-refractivity contribution < 1.29 is 19.4 Å². The van der Waals surface area contributed by atoms with Gasteiger partial charge >= 0.3 is 5.97 Å². The highest BCUT2D eigenvalue weighted by Gasteiger charge is 2.35. The number of benzene rings is 2. The molecule has 2 aromatic rings. The van der Waals surface area contributed by atoms with Crippen molar-refractivity contribution in [3.8, 4) is 5.75 Å². The molecule has 1 unspecified atom stereocenters. The van der Waals surface area contributed by atoms with Gasteiger partial charge in [-0.15, -0.1) is 0 Å². The van der Waals surface area contributed by atoms with Crippen molar-refractivity contribution in [3.05, 3.63) is 42.0 Å². The third-order valence-corrected chi connectivity index (χ3v) is 5.37. The quantitative estimate of drug-likeness (QED) is 0.750. The molecule has 2 rings (SSSR count). The molecule has 1 amide bonds. The molecule has 26 heavy (non-hydrogen) atoms. The fourth-order valence-corrected chi connectivity index (χ4v) is 3.08. The maximum absolute atomic E-state index is 12.6. The average Bonchev–Trinajstić information content (AvgIpc) is 2.67. The zero-order valence-electron chi connectivity index (χ0n) is 15.8. The van der Waals surface area contributed by atoms with Crippen LogP contribution in [0, 0.1) is 5.41 Å². The molecule has 0 spiro atoms. The van der Waals surface area contributed by atoms with Crippen molar-refractivity contribution in [3.63, 3.8) is 0 Å². The first-order chi connectivity index (χ1) is 12.4. The molecule has 0 aliphatic carbocycles. The second-order valence-corrected chi connectivity index (χ2v) is 6.70. The standard InChI is InChI=1S/C21H27NO4/c1-5-21(6-2,20(24)25)13-22-19(23)14(3)15-7-8-17-12-18(26-4)10-9-16(17)11-15/h7-12,14H,5-6,13H2,1-4H3,(H,22,23)(H,24,25). The van der Waals surface area contributed by atoms with Gasteiger partial charge < -0.3 is 15.2 Å². The Kier molecular flexibility index (Phi) is 6.24. The Balaban J connectivity index is 2.15.